The highest BCUT2D eigenvalue weighted by Crippen LogP contribution is 2.28. The van der Waals surface area contributed by atoms with E-state index < -0.39 is 0 Å². The highest BCUT2D eigenvalue weighted by molar-refractivity contribution is 6.32. The van der Waals surface area contributed by atoms with Crippen LogP contribution < -0.4 is 10.5 Å². The van der Waals surface area contributed by atoms with Gasteiger partial charge < -0.3 is 10.5 Å². The molecule has 0 spiro atoms. The molecule has 17 heavy (non-hydrogen) atoms. The maximum Gasteiger partial charge on any atom is 0.137 e. The largest absolute Gasteiger partial charge is 0.495 e. The summed E-state index contributed by atoms with van der Waals surface area (Å²) in [4.78, 5) is 0. The van der Waals surface area contributed by atoms with E-state index in [0.717, 1.165) is 11.3 Å². The third kappa shape index (κ3) is 2.43. The minimum absolute atomic E-state index is 0.276. The fourth-order valence-electron chi connectivity index (χ4n) is 1.64. The van der Waals surface area contributed by atoms with Crippen LogP contribution in [0.1, 0.15) is 17.3 Å². The van der Waals surface area contributed by atoms with Crippen molar-refractivity contribution in [3.8, 4) is 5.75 Å². The second-order valence-electron chi connectivity index (χ2n) is 3.79. The van der Waals surface area contributed by atoms with E-state index in [4.69, 9.17) is 22.1 Å². The lowest BCUT2D eigenvalue weighted by Crippen LogP contribution is -2.13. The number of nitrogens with two attached hydrogens (primary N) is 1. The normalized spacial score (nSPS) is 12.5. The van der Waals surface area contributed by atoms with Gasteiger partial charge in [-0.2, -0.15) is 5.10 Å². The number of aryl methyl sites for hydroxylation is 1. The first kappa shape index (κ1) is 12.0. The third-order valence-electron chi connectivity index (χ3n) is 2.59. The lowest BCUT2D eigenvalue weighted by Gasteiger charge is -2.11. The first-order chi connectivity index (χ1) is 8.11. The molecule has 1 atom stereocenters. The topological polar surface area (TPSA) is 53.1 Å². The molecule has 0 radical (unpaired) electrons. The fourth-order valence-corrected chi connectivity index (χ4v) is 1.83. The zero-order valence-corrected chi connectivity index (χ0v) is 10.5. The highest BCUT2D eigenvalue weighted by Gasteiger charge is 2.13. The van der Waals surface area contributed by atoms with Crippen LogP contribution in [0.5, 0.6) is 5.75 Å². The molecule has 0 aliphatic rings. The Morgan fingerprint density at radius 1 is 1.41 bits per heavy atom. The van der Waals surface area contributed by atoms with Crippen molar-refractivity contribution in [2.24, 2.45) is 12.8 Å². The van der Waals surface area contributed by atoms with Crippen molar-refractivity contribution >= 4 is 11.6 Å². The standard InChI is InChI=1S/C12H14ClN3O/c1-16-6-5-10(15-16)12(14)8-3-4-9(13)11(7-8)17-2/h3-7,12H,14H2,1-2H3. The molecule has 0 bridgehead atoms. The smallest absolute Gasteiger partial charge is 0.137 e. The van der Waals surface area contributed by atoms with Crippen molar-refractivity contribution in [3.05, 3.63) is 46.7 Å². The molecule has 0 amide bonds. The van der Waals surface area contributed by atoms with Gasteiger partial charge in [0.15, 0.2) is 0 Å². The van der Waals surface area contributed by atoms with Crippen LogP contribution in [-0.4, -0.2) is 16.9 Å². The number of aromatic nitrogens is 2. The van der Waals surface area contributed by atoms with Crippen LogP contribution >= 0.6 is 11.6 Å². The second-order valence-corrected chi connectivity index (χ2v) is 4.19. The van der Waals surface area contributed by atoms with Gasteiger partial charge in [-0.1, -0.05) is 17.7 Å². The quantitative estimate of drug-likeness (QED) is 0.909. The van der Waals surface area contributed by atoms with Gasteiger partial charge in [-0.15, -0.1) is 0 Å². The van der Waals surface area contributed by atoms with Crippen molar-refractivity contribution in [2.45, 2.75) is 6.04 Å². The SMILES string of the molecule is COc1cc(C(N)c2ccn(C)n2)ccc1Cl. The van der Waals surface area contributed by atoms with Gasteiger partial charge in [0.2, 0.25) is 0 Å². The lowest BCUT2D eigenvalue weighted by atomic mass is 10.0. The zero-order valence-electron chi connectivity index (χ0n) is 9.72. The Labute approximate surface area is 105 Å². The maximum absolute atomic E-state index is 6.13. The van der Waals surface area contributed by atoms with E-state index in [1.54, 1.807) is 17.9 Å². The van der Waals surface area contributed by atoms with Crippen LogP contribution in [0.25, 0.3) is 0 Å². The summed E-state index contributed by atoms with van der Waals surface area (Å²) in [6, 6.07) is 7.11. The number of halogens is 1. The van der Waals surface area contributed by atoms with Gasteiger partial charge in [0.05, 0.1) is 23.9 Å². The van der Waals surface area contributed by atoms with Crippen LogP contribution in [0, 0.1) is 0 Å². The average molecular weight is 252 g/mol. The molecule has 0 saturated heterocycles. The summed E-state index contributed by atoms with van der Waals surface area (Å²) in [5.74, 6) is 0.621. The van der Waals surface area contributed by atoms with Crippen molar-refractivity contribution in [1.29, 1.82) is 0 Å². The van der Waals surface area contributed by atoms with Gasteiger partial charge in [0.25, 0.3) is 0 Å². The summed E-state index contributed by atoms with van der Waals surface area (Å²) >= 11 is 5.97. The lowest BCUT2D eigenvalue weighted by molar-refractivity contribution is 0.414. The van der Waals surface area contributed by atoms with Crippen LogP contribution in [-0.2, 0) is 7.05 Å². The fraction of sp³-hybridized carbons (Fsp3) is 0.250. The van der Waals surface area contributed by atoms with Crippen molar-refractivity contribution < 1.29 is 4.74 Å². The first-order valence-electron chi connectivity index (χ1n) is 5.20. The molecule has 2 N–H and O–H groups in total. The van der Waals surface area contributed by atoms with Gasteiger partial charge in [0.1, 0.15) is 5.75 Å². The first-order valence-corrected chi connectivity index (χ1v) is 5.58. The molecular weight excluding hydrogens is 238 g/mol. The van der Waals surface area contributed by atoms with Crippen LogP contribution in [0.15, 0.2) is 30.5 Å². The van der Waals surface area contributed by atoms with E-state index in [9.17, 15) is 0 Å². The van der Waals surface area contributed by atoms with Gasteiger partial charge in [-0.05, 0) is 23.8 Å². The number of benzene rings is 1. The molecule has 1 heterocycles. The highest BCUT2D eigenvalue weighted by atomic mass is 35.5. The van der Waals surface area contributed by atoms with E-state index >= 15 is 0 Å². The third-order valence-corrected chi connectivity index (χ3v) is 2.90. The molecule has 0 aliphatic carbocycles. The molecule has 5 heteroatoms. The minimum atomic E-state index is -0.276. The number of methoxy groups -OCH3 is 1. The van der Waals surface area contributed by atoms with Gasteiger partial charge >= 0.3 is 0 Å². The van der Waals surface area contributed by atoms with E-state index in [0.29, 0.717) is 10.8 Å². The summed E-state index contributed by atoms with van der Waals surface area (Å²) in [5.41, 5.74) is 7.87. The molecule has 1 aromatic carbocycles. The Hall–Kier alpha value is -1.52. The van der Waals surface area contributed by atoms with Crippen molar-refractivity contribution in [3.63, 3.8) is 0 Å². The molecule has 1 unspecified atom stereocenters. The van der Waals surface area contributed by atoms with E-state index in [1.165, 1.54) is 0 Å². The molecule has 2 rings (SSSR count). The summed E-state index contributed by atoms with van der Waals surface area (Å²) in [7, 11) is 3.44. The molecule has 0 aliphatic heterocycles. The Balaban J connectivity index is 2.34. The molecule has 90 valence electrons. The van der Waals surface area contributed by atoms with Crippen LogP contribution in [0.4, 0.5) is 0 Å². The van der Waals surface area contributed by atoms with Crippen LogP contribution in [0.3, 0.4) is 0 Å². The summed E-state index contributed by atoms with van der Waals surface area (Å²) in [6.45, 7) is 0. The molecule has 2 aromatic rings. The predicted molar refractivity (Wildman–Crippen MR) is 67.2 cm³/mol. The van der Waals surface area contributed by atoms with Gasteiger partial charge in [0, 0.05) is 13.2 Å². The maximum atomic E-state index is 6.13. The minimum Gasteiger partial charge on any atom is -0.495 e. The number of hydrogen-bond donors (Lipinski definition) is 1. The zero-order chi connectivity index (χ0) is 12.4. The number of nitrogens with zero attached hydrogens (tertiary/aromatic N) is 2. The Bertz CT molecular complexity index is 524. The Morgan fingerprint density at radius 3 is 2.76 bits per heavy atom. The van der Waals surface area contributed by atoms with Crippen molar-refractivity contribution in [1.82, 2.24) is 9.78 Å². The molecule has 0 fully saturated rings. The molecule has 1 aromatic heterocycles. The monoisotopic (exact) mass is 251 g/mol. The number of ether oxygens (including phenoxy) is 1. The van der Waals surface area contributed by atoms with Gasteiger partial charge in [-0.25, -0.2) is 0 Å². The Morgan fingerprint density at radius 2 is 2.18 bits per heavy atom. The number of hydrogen-bond acceptors (Lipinski definition) is 3. The summed E-state index contributed by atoms with van der Waals surface area (Å²) < 4.78 is 6.89. The van der Waals surface area contributed by atoms with E-state index in [2.05, 4.69) is 5.10 Å². The van der Waals surface area contributed by atoms with Gasteiger partial charge in [-0.3, -0.25) is 4.68 Å². The summed E-state index contributed by atoms with van der Waals surface area (Å²) in [5, 5.41) is 4.86. The van der Waals surface area contributed by atoms with E-state index in [1.807, 2.05) is 31.4 Å². The Kier molecular flexibility index (Phi) is 3.36. The number of rotatable bonds is 3. The molecule has 4 nitrogen and oxygen atoms in total. The van der Waals surface area contributed by atoms with E-state index in [-0.39, 0.29) is 6.04 Å². The van der Waals surface area contributed by atoms with Crippen LogP contribution in [0.2, 0.25) is 5.02 Å². The molecular formula is C12H14ClN3O. The van der Waals surface area contributed by atoms with Crippen molar-refractivity contribution in [2.75, 3.05) is 7.11 Å². The molecule has 0 saturated carbocycles. The second kappa shape index (κ2) is 4.77. The summed E-state index contributed by atoms with van der Waals surface area (Å²) in [6.07, 6.45) is 1.86. The average Bonchev–Trinajstić information content (AvgIpc) is 2.75. The predicted octanol–water partition coefficient (Wildman–Crippen LogP) is 2.13.